The molecule has 0 aliphatic heterocycles. The van der Waals surface area contributed by atoms with Crippen LogP contribution in [0, 0.1) is 12.7 Å². The highest BCUT2D eigenvalue weighted by Gasteiger charge is 2.15. The summed E-state index contributed by atoms with van der Waals surface area (Å²) in [6.45, 7) is 3.71. The molecule has 0 bridgehead atoms. The van der Waals surface area contributed by atoms with Crippen molar-refractivity contribution in [3.63, 3.8) is 0 Å². The maximum absolute atomic E-state index is 13.2. The molecule has 1 aromatic carbocycles. The Hall–Kier alpha value is -1.58. The number of hydrogen-bond acceptors (Lipinski definition) is 3. The van der Waals surface area contributed by atoms with E-state index >= 15 is 0 Å². The molecule has 4 heteroatoms. The molecule has 0 fully saturated rings. The SMILES string of the molecule is CCOc1cc(F)c(C)cc1C(=O)OC. The van der Waals surface area contributed by atoms with Crippen molar-refractivity contribution in [1.82, 2.24) is 0 Å². The molecule has 0 aromatic heterocycles. The van der Waals surface area contributed by atoms with Gasteiger partial charge in [-0.25, -0.2) is 9.18 Å². The molecule has 0 radical (unpaired) electrons. The van der Waals surface area contributed by atoms with E-state index in [9.17, 15) is 9.18 Å². The van der Waals surface area contributed by atoms with E-state index in [1.165, 1.54) is 19.2 Å². The molecule has 0 amide bonds. The lowest BCUT2D eigenvalue weighted by molar-refractivity contribution is 0.0596. The van der Waals surface area contributed by atoms with Crippen molar-refractivity contribution in [1.29, 1.82) is 0 Å². The highest BCUT2D eigenvalue weighted by molar-refractivity contribution is 5.92. The summed E-state index contributed by atoms with van der Waals surface area (Å²) < 4.78 is 22.9. The molecule has 0 N–H and O–H groups in total. The van der Waals surface area contributed by atoms with Gasteiger partial charge in [-0.3, -0.25) is 0 Å². The van der Waals surface area contributed by atoms with E-state index in [4.69, 9.17) is 4.74 Å². The minimum Gasteiger partial charge on any atom is -0.493 e. The molecule has 0 aliphatic rings. The van der Waals surface area contributed by atoms with E-state index in [2.05, 4.69) is 4.74 Å². The van der Waals surface area contributed by atoms with Crippen LogP contribution in [0.3, 0.4) is 0 Å². The van der Waals surface area contributed by atoms with Crippen molar-refractivity contribution in [3.05, 3.63) is 29.1 Å². The lowest BCUT2D eigenvalue weighted by Crippen LogP contribution is -2.07. The highest BCUT2D eigenvalue weighted by Crippen LogP contribution is 2.23. The number of rotatable bonds is 3. The summed E-state index contributed by atoms with van der Waals surface area (Å²) in [5, 5.41) is 0. The molecule has 0 saturated heterocycles. The number of halogens is 1. The van der Waals surface area contributed by atoms with Crippen molar-refractivity contribution in [3.8, 4) is 5.75 Å². The lowest BCUT2D eigenvalue weighted by atomic mass is 10.1. The standard InChI is InChI=1S/C11H13FO3/c1-4-15-10-6-9(12)7(2)5-8(10)11(13)14-3/h5-6H,4H2,1-3H3. The van der Waals surface area contributed by atoms with Crippen LogP contribution in [0.1, 0.15) is 22.8 Å². The maximum Gasteiger partial charge on any atom is 0.341 e. The molecular formula is C11H13FO3. The van der Waals surface area contributed by atoms with E-state index < -0.39 is 11.8 Å². The third-order valence-corrected chi connectivity index (χ3v) is 1.97. The number of benzene rings is 1. The minimum absolute atomic E-state index is 0.215. The molecule has 1 aromatic rings. The topological polar surface area (TPSA) is 35.5 Å². The van der Waals surface area contributed by atoms with Gasteiger partial charge in [-0.15, -0.1) is 0 Å². The van der Waals surface area contributed by atoms with Crippen molar-refractivity contribution < 1.29 is 18.7 Å². The fourth-order valence-electron chi connectivity index (χ4n) is 1.21. The Balaban J connectivity index is 3.21. The van der Waals surface area contributed by atoms with E-state index in [1.807, 2.05) is 0 Å². The van der Waals surface area contributed by atoms with Gasteiger partial charge < -0.3 is 9.47 Å². The van der Waals surface area contributed by atoms with Crippen molar-refractivity contribution >= 4 is 5.97 Å². The van der Waals surface area contributed by atoms with Crippen LogP contribution in [-0.4, -0.2) is 19.7 Å². The largest absolute Gasteiger partial charge is 0.493 e. The van der Waals surface area contributed by atoms with E-state index in [-0.39, 0.29) is 11.3 Å². The van der Waals surface area contributed by atoms with E-state index in [0.29, 0.717) is 12.2 Å². The molecule has 0 heterocycles. The first-order valence-electron chi connectivity index (χ1n) is 4.61. The summed E-state index contributed by atoms with van der Waals surface area (Å²) in [4.78, 5) is 11.3. The van der Waals surface area contributed by atoms with Gasteiger partial charge in [0, 0.05) is 6.07 Å². The Bertz CT molecular complexity index is 374. The normalized spacial score (nSPS) is 9.87. The lowest BCUT2D eigenvalue weighted by Gasteiger charge is -2.09. The second-order valence-corrected chi connectivity index (χ2v) is 3.02. The van der Waals surface area contributed by atoms with E-state index in [0.717, 1.165) is 0 Å². The number of ether oxygens (including phenoxy) is 2. The first kappa shape index (κ1) is 11.5. The van der Waals surface area contributed by atoms with Crippen molar-refractivity contribution in [2.75, 3.05) is 13.7 Å². The number of esters is 1. The zero-order valence-electron chi connectivity index (χ0n) is 8.96. The Morgan fingerprint density at radius 3 is 2.67 bits per heavy atom. The maximum atomic E-state index is 13.2. The molecule has 3 nitrogen and oxygen atoms in total. The summed E-state index contributed by atoms with van der Waals surface area (Å²) in [6, 6.07) is 2.62. The summed E-state index contributed by atoms with van der Waals surface area (Å²) in [6.07, 6.45) is 0. The number of methoxy groups -OCH3 is 1. The molecule has 0 unspecified atom stereocenters. The number of carbonyl (C=O) groups excluding carboxylic acids is 1. The quantitative estimate of drug-likeness (QED) is 0.721. The fourth-order valence-corrected chi connectivity index (χ4v) is 1.21. The van der Waals surface area contributed by atoms with Crippen LogP contribution in [-0.2, 0) is 4.74 Å². The van der Waals surface area contributed by atoms with Crippen LogP contribution in [0.5, 0.6) is 5.75 Å². The predicted octanol–water partition coefficient (Wildman–Crippen LogP) is 2.32. The smallest absolute Gasteiger partial charge is 0.341 e. The van der Waals surface area contributed by atoms with Crippen molar-refractivity contribution in [2.45, 2.75) is 13.8 Å². The van der Waals surface area contributed by atoms with Crippen LogP contribution >= 0.6 is 0 Å². The second kappa shape index (κ2) is 4.77. The summed E-state index contributed by atoms with van der Waals surface area (Å²) in [7, 11) is 1.27. The molecule has 1 rings (SSSR count). The van der Waals surface area contributed by atoms with Gasteiger partial charge in [0.25, 0.3) is 0 Å². The van der Waals surface area contributed by atoms with Crippen LogP contribution in [0.15, 0.2) is 12.1 Å². The van der Waals surface area contributed by atoms with Gasteiger partial charge in [0.1, 0.15) is 17.1 Å². The van der Waals surface area contributed by atoms with E-state index in [1.54, 1.807) is 13.8 Å². The molecule has 0 spiro atoms. The van der Waals surface area contributed by atoms with Gasteiger partial charge in [-0.2, -0.15) is 0 Å². The first-order valence-corrected chi connectivity index (χ1v) is 4.61. The molecule has 0 aliphatic carbocycles. The van der Waals surface area contributed by atoms with Crippen LogP contribution in [0.2, 0.25) is 0 Å². The van der Waals surface area contributed by atoms with Crippen molar-refractivity contribution in [2.24, 2.45) is 0 Å². The highest BCUT2D eigenvalue weighted by atomic mass is 19.1. The summed E-state index contributed by atoms with van der Waals surface area (Å²) >= 11 is 0. The number of carbonyl (C=O) groups is 1. The monoisotopic (exact) mass is 212 g/mol. The van der Waals surface area contributed by atoms with Gasteiger partial charge in [0.2, 0.25) is 0 Å². The van der Waals surface area contributed by atoms with Gasteiger partial charge in [0.05, 0.1) is 13.7 Å². The van der Waals surface area contributed by atoms with Gasteiger partial charge in [0.15, 0.2) is 0 Å². The molecule has 0 saturated carbocycles. The molecule has 0 atom stereocenters. The molecular weight excluding hydrogens is 199 g/mol. The Kier molecular flexibility index (Phi) is 3.66. The fraction of sp³-hybridized carbons (Fsp3) is 0.364. The average Bonchev–Trinajstić information content (AvgIpc) is 2.22. The zero-order valence-corrected chi connectivity index (χ0v) is 8.96. The third kappa shape index (κ3) is 2.46. The first-order chi connectivity index (χ1) is 7.10. The van der Waals surface area contributed by atoms with Gasteiger partial charge in [-0.1, -0.05) is 0 Å². The predicted molar refractivity (Wildman–Crippen MR) is 53.6 cm³/mol. The van der Waals surface area contributed by atoms with Gasteiger partial charge in [-0.05, 0) is 25.5 Å². The summed E-state index contributed by atoms with van der Waals surface area (Å²) in [5.74, 6) is -0.708. The second-order valence-electron chi connectivity index (χ2n) is 3.02. The third-order valence-electron chi connectivity index (χ3n) is 1.97. The van der Waals surface area contributed by atoms with Crippen LogP contribution in [0.25, 0.3) is 0 Å². The minimum atomic E-state index is -0.526. The van der Waals surface area contributed by atoms with Crippen LogP contribution < -0.4 is 4.74 Å². The van der Waals surface area contributed by atoms with Gasteiger partial charge >= 0.3 is 5.97 Å². The Morgan fingerprint density at radius 1 is 1.47 bits per heavy atom. The average molecular weight is 212 g/mol. The number of aryl methyl sites for hydroxylation is 1. The molecule has 82 valence electrons. The summed E-state index contributed by atoms with van der Waals surface area (Å²) in [5.41, 5.74) is 0.636. The Morgan fingerprint density at radius 2 is 2.13 bits per heavy atom. The molecule has 15 heavy (non-hydrogen) atoms. The number of hydrogen-bond donors (Lipinski definition) is 0. The zero-order chi connectivity index (χ0) is 11.4. The Labute approximate surface area is 87.8 Å². The van der Waals surface area contributed by atoms with Crippen LogP contribution in [0.4, 0.5) is 4.39 Å².